The number of carbonyl (C=O) groups is 2. The number of halogens is 1. The van der Waals surface area contributed by atoms with Crippen LogP contribution in [0.5, 0.6) is 0 Å². The van der Waals surface area contributed by atoms with Crippen molar-refractivity contribution in [3.8, 4) is 0 Å². The molecule has 0 bridgehead atoms. The van der Waals surface area contributed by atoms with Gasteiger partial charge in [-0.2, -0.15) is 0 Å². The SMILES string of the molecule is CC1CC(C(=O)O)CCN1CC(=O)Nc1ccccc1F. The molecule has 1 aromatic carbocycles. The van der Waals surface area contributed by atoms with Gasteiger partial charge in [-0.05, 0) is 38.4 Å². The highest BCUT2D eigenvalue weighted by Gasteiger charge is 2.30. The Bertz CT molecular complexity index is 535. The standard InChI is InChI=1S/C15H19FN2O3/c1-10-8-11(15(20)21)6-7-18(10)9-14(19)17-13-5-3-2-4-12(13)16/h2-5,10-11H,6-9H2,1H3,(H,17,19)(H,20,21). The van der Waals surface area contributed by atoms with Crippen LogP contribution in [-0.4, -0.2) is 41.0 Å². The maximum Gasteiger partial charge on any atom is 0.306 e. The van der Waals surface area contributed by atoms with Crippen molar-refractivity contribution in [2.45, 2.75) is 25.8 Å². The third-order valence-electron chi connectivity index (χ3n) is 3.86. The molecule has 0 spiro atoms. The third kappa shape index (κ3) is 4.01. The number of amides is 1. The summed E-state index contributed by atoms with van der Waals surface area (Å²) in [5.41, 5.74) is 0.163. The number of nitrogens with one attached hydrogen (secondary N) is 1. The number of aliphatic carboxylic acids is 1. The van der Waals surface area contributed by atoms with Crippen LogP contribution in [0.4, 0.5) is 10.1 Å². The van der Waals surface area contributed by atoms with Gasteiger partial charge in [-0.1, -0.05) is 12.1 Å². The predicted octanol–water partition coefficient (Wildman–Crippen LogP) is 1.95. The minimum absolute atomic E-state index is 0.0196. The van der Waals surface area contributed by atoms with E-state index in [1.54, 1.807) is 12.1 Å². The molecule has 114 valence electrons. The van der Waals surface area contributed by atoms with E-state index < -0.39 is 11.8 Å². The van der Waals surface area contributed by atoms with Crippen molar-refractivity contribution in [3.63, 3.8) is 0 Å². The van der Waals surface area contributed by atoms with Crippen molar-refractivity contribution in [2.75, 3.05) is 18.4 Å². The van der Waals surface area contributed by atoms with Crippen LogP contribution >= 0.6 is 0 Å². The van der Waals surface area contributed by atoms with Crippen molar-refractivity contribution >= 4 is 17.6 Å². The minimum atomic E-state index is -0.780. The number of carbonyl (C=O) groups excluding carboxylic acids is 1. The average molecular weight is 294 g/mol. The van der Waals surface area contributed by atoms with Gasteiger partial charge in [0.25, 0.3) is 0 Å². The Hall–Kier alpha value is -1.95. The van der Waals surface area contributed by atoms with Crippen molar-refractivity contribution in [1.29, 1.82) is 0 Å². The lowest BCUT2D eigenvalue weighted by atomic mass is 9.92. The highest BCUT2D eigenvalue weighted by atomic mass is 19.1. The average Bonchev–Trinajstić information content (AvgIpc) is 2.43. The summed E-state index contributed by atoms with van der Waals surface area (Å²) in [7, 11) is 0. The molecule has 1 aliphatic heterocycles. The zero-order chi connectivity index (χ0) is 15.4. The summed E-state index contributed by atoms with van der Waals surface area (Å²) in [6.07, 6.45) is 1.06. The lowest BCUT2D eigenvalue weighted by molar-refractivity contribution is -0.144. The number of carboxylic acid groups (broad SMARTS) is 1. The molecule has 0 saturated carbocycles. The first-order valence-corrected chi connectivity index (χ1v) is 6.98. The molecule has 1 saturated heterocycles. The van der Waals surface area contributed by atoms with E-state index in [0.29, 0.717) is 19.4 Å². The molecule has 1 heterocycles. The molecule has 0 radical (unpaired) electrons. The smallest absolute Gasteiger partial charge is 0.306 e. The van der Waals surface area contributed by atoms with Crippen molar-refractivity contribution in [3.05, 3.63) is 30.1 Å². The van der Waals surface area contributed by atoms with E-state index in [4.69, 9.17) is 5.11 Å². The number of para-hydroxylation sites is 1. The number of rotatable bonds is 4. The Balaban J connectivity index is 1.89. The van der Waals surface area contributed by atoms with Crippen LogP contribution < -0.4 is 5.32 Å². The second-order valence-corrected chi connectivity index (χ2v) is 5.41. The normalized spacial score (nSPS) is 22.8. The monoisotopic (exact) mass is 294 g/mol. The lowest BCUT2D eigenvalue weighted by Gasteiger charge is -2.35. The molecular formula is C15H19FN2O3. The third-order valence-corrected chi connectivity index (χ3v) is 3.86. The number of anilines is 1. The molecule has 2 rings (SSSR count). The van der Waals surface area contributed by atoms with E-state index in [1.807, 2.05) is 11.8 Å². The van der Waals surface area contributed by atoms with Crippen LogP contribution in [0.25, 0.3) is 0 Å². The molecule has 2 atom stereocenters. The fourth-order valence-electron chi connectivity index (χ4n) is 2.62. The zero-order valence-corrected chi connectivity index (χ0v) is 11.9. The van der Waals surface area contributed by atoms with Crippen LogP contribution in [0.15, 0.2) is 24.3 Å². The van der Waals surface area contributed by atoms with Crippen LogP contribution in [0.1, 0.15) is 19.8 Å². The number of hydrogen-bond acceptors (Lipinski definition) is 3. The van der Waals surface area contributed by atoms with E-state index in [1.165, 1.54) is 12.1 Å². The number of benzene rings is 1. The van der Waals surface area contributed by atoms with E-state index in [-0.39, 0.29) is 30.1 Å². The molecule has 1 fully saturated rings. The second-order valence-electron chi connectivity index (χ2n) is 5.41. The quantitative estimate of drug-likeness (QED) is 0.890. The highest BCUT2D eigenvalue weighted by molar-refractivity contribution is 5.92. The molecule has 0 aliphatic carbocycles. The van der Waals surface area contributed by atoms with Gasteiger partial charge in [0.2, 0.25) is 5.91 Å². The Kier molecular flexibility index (Phi) is 4.90. The number of hydrogen-bond donors (Lipinski definition) is 2. The number of carboxylic acids is 1. The molecule has 1 amide bonds. The molecule has 21 heavy (non-hydrogen) atoms. The molecule has 6 heteroatoms. The van der Waals surface area contributed by atoms with Gasteiger partial charge < -0.3 is 10.4 Å². The maximum atomic E-state index is 13.5. The second kappa shape index (κ2) is 6.67. The van der Waals surface area contributed by atoms with Crippen molar-refractivity contribution in [1.82, 2.24) is 4.90 Å². The number of likely N-dealkylation sites (tertiary alicyclic amines) is 1. The van der Waals surface area contributed by atoms with Gasteiger partial charge in [0.1, 0.15) is 5.82 Å². The van der Waals surface area contributed by atoms with E-state index in [0.717, 1.165) is 0 Å². The lowest BCUT2D eigenvalue weighted by Crippen LogP contribution is -2.46. The zero-order valence-electron chi connectivity index (χ0n) is 11.9. The Morgan fingerprint density at radius 2 is 2.14 bits per heavy atom. The van der Waals surface area contributed by atoms with E-state index in [2.05, 4.69) is 5.32 Å². The van der Waals surface area contributed by atoms with Gasteiger partial charge in [0.05, 0.1) is 18.2 Å². The summed E-state index contributed by atoms with van der Waals surface area (Å²) in [6, 6.07) is 6.03. The molecule has 5 nitrogen and oxygen atoms in total. The fourth-order valence-corrected chi connectivity index (χ4v) is 2.62. The maximum absolute atomic E-state index is 13.5. The minimum Gasteiger partial charge on any atom is -0.481 e. The topological polar surface area (TPSA) is 69.6 Å². The first-order valence-electron chi connectivity index (χ1n) is 6.98. The van der Waals surface area contributed by atoms with Crippen LogP contribution in [0.2, 0.25) is 0 Å². The fraction of sp³-hybridized carbons (Fsp3) is 0.467. The van der Waals surface area contributed by atoms with E-state index in [9.17, 15) is 14.0 Å². The first-order chi connectivity index (χ1) is 9.97. The molecule has 1 aromatic rings. The predicted molar refractivity (Wildman–Crippen MR) is 76.4 cm³/mol. The highest BCUT2D eigenvalue weighted by Crippen LogP contribution is 2.23. The number of piperidine rings is 1. The molecule has 2 unspecified atom stereocenters. The van der Waals surface area contributed by atoms with Gasteiger partial charge in [-0.15, -0.1) is 0 Å². The molecule has 1 aliphatic rings. The van der Waals surface area contributed by atoms with Gasteiger partial charge in [0, 0.05) is 6.04 Å². The Labute approximate surface area is 122 Å². The molecular weight excluding hydrogens is 275 g/mol. The van der Waals surface area contributed by atoms with Gasteiger partial charge in [-0.25, -0.2) is 4.39 Å². The van der Waals surface area contributed by atoms with Crippen LogP contribution in [0, 0.1) is 11.7 Å². The van der Waals surface area contributed by atoms with Crippen molar-refractivity contribution < 1.29 is 19.1 Å². The summed E-state index contributed by atoms with van der Waals surface area (Å²) in [5.74, 6) is -1.88. The summed E-state index contributed by atoms with van der Waals surface area (Å²) in [5, 5.41) is 11.6. The summed E-state index contributed by atoms with van der Waals surface area (Å²) >= 11 is 0. The summed E-state index contributed by atoms with van der Waals surface area (Å²) in [4.78, 5) is 24.9. The summed E-state index contributed by atoms with van der Waals surface area (Å²) < 4.78 is 13.5. The molecule has 2 N–H and O–H groups in total. The Morgan fingerprint density at radius 1 is 1.43 bits per heavy atom. The van der Waals surface area contributed by atoms with E-state index >= 15 is 0 Å². The van der Waals surface area contributed by atoms with Gasteiger partial charge in [-0.3, -0.25) is 14.5 Å². The summed E-state index contributed by atoms with van der Waals surface area (Å²) in [6.45, 7) is 2.61. The van der Waals surface area contributed by atoms with Crippen molar-refractivity contribution in [2.24, 2.45) is 5.92 Å². The first kappa shape index (κ1) is 15.4. The van der Waals surface area contributed by atoms with Crippen LogP contribution in [-0.2, 0) is 9.59 Å². The largest absolute Gasteiger partial charge is 0.481 e. The number of nitrogens with zero attached hydrogens (tertiary/aromatic N) is 1. The van der Waals surface area contributed by atoms with Gasteiger partial charge in [0.15, 0.2) is 0 Å². The van der Waals surface area contributed by atoms with Gasteiger partial charge >= 0.3 is 5.97 Å². The van der Waals surface area contributed by atoms with Crippen LogP contribution in [0.3, 0.4) is 0 Å². The molecule has 0 aromatic heterocycles. The Morgan fingerprint density at radius 3 is 2.76 bits per heavy atom.